The lowest BCUT2D eigenvalue weighted by Gasteiger charge is -2.29. The lowest BCUT2D eigenvalue weighted by atomic mass is 10.0. The number of anilines is 1. The third-order valence-corrected chi connectivity index (χ3v) is 5.82. The molecule has 1 fully saturated rings. The van der Waals surface area contributed by atoms with Gasteiger partial charge in [-0.3, -0.25) is 0 Å². The van der Waals surface area contributed by atoms with Gasteiger partial charge < -0.3 is 15.0 Å². The molecule has 2 aromatic rings. The van der Waals surface area contributed by atoms with E-state index >= 15 is 0 Å². The molecular formula is C17H17FN2O3S. The predicted octanol–water partition coefficient (Wildman–Crippen LogP) is 2.03. The SMILES string of the molecule is O=S1(=O)COc2cc(-c3ccc(N4CCNCC4)c(F)c3)ccc21. The summed E-state index contributed by atoms with van der Waals surface area (Å²) in [6, 6.07) is 9.98. The van der Waals surface area contributed by atoms with Crippen LogP contribution in [0.1, 0.15) is 0 Å². The first-order chi connectivity index (χ1) is 11.5. The second-order valence-electron chi connectivity index (χ2n) is 5.94. The van der Waals surface area contributed by atoms with Gasteiger partial charge in [0, 0.05) is 26.2 Å². The van der Waals surface area contributed by atoms with Crippen molar-refractivity contribution in [1.29, 1.82) is 0 Å². The van der Waals surface area contributed by atoms with Crippen LogP contribution in [-0.2, 0) is 9.84 Å². The Bertz CT molecular complexity index is 893. The van der Waals surface area contributed by atoms with Gasteiger partial charge in [0.15, 0.2) is 5.94 Å². The molecule has 0 unspecified atom stereocenters. The Morgan fingerprint density at radius 1 is 1.04 bits per heavy atom. The zero-order valence-electron chi connectivity index (χ0n) is 13.0. The monoisotopic (exact) mass is 348 g/mol. The molecule has 0 spiro atoms. The number of sulfone groups is 1. The van der Waals surface area contributed by atoms with Crippen LogP contribution in [0.25, 0.3) is 11.1 Å². The summed E-state index contributed by atoms with van der Waals surface area (Å²) in [7, 11) is -3.34. The van der Waals surface area contributed by atoms with Crippen molar-refractivity contribution in [2.24, 2.45) is 0 Å². The fourth-order valence-corrected chi connectivity index (χ4v) is 4.22. The molecule has 0 aliphatic carbocycles. The van der Waals surface area contributed by atoms with Crippen LogP contribution < -0.4 is 15.0 Å². The van der Waals surface area contributed by atoms with Crippen LogP contribution in [0.15, 0.2) is 41.3 Å². The molecule has 4 rings (SSSR count). The lowest BCUT2D eigenvalue weighted by molar-refractivity contribution is 0.390. The van der Waals surface area contributed by atoms with Gasteiger partial charge in [-0.15, -0.1) is 0 Å². The highest BCUT2D eigenvalue weighted by Crippen LogP contribution is 2.36. The van der Waals surface area contributed by atoms with Crippen LogP contribution in [0.3, 0.4) is 0 Å². The number of benzene rings is 2. The zero-order valence-corrected chi connectivity index (χ0v) is 13.8. The Balaban J connectivity index is 1.67. The number of ether oxygens (including phenoxy) is 1. The summed E-state index contributed by atoms with van der Waals surface area (Å²) in [5.41, 5.74) is 2.03. The highest BCUT2D eigenvalue weighted by Gasteiger charge is 2.28. The fourth-order valence-electron chi connectivity index (χ4n) is 3.11. The van der Waals surface area contributed by atoms with Gasteiger partial charge in [0.2, 0.25) is 9.84 Å². The van der Waals surface area contributed by atoms with E-state index in [0.717, 1.165) is 31.7 Å². The van der Waals surface area contributed by atoms with E-state index in [4.69, 9.17) is 4.74 Å². The number of piperazine rings is 1. The molecule has 0 aromatic heterocycles. The van der Waals surface area contributed by atoms with Gasteiger partial charge >= 0.3 is 0 Å². The van der Waals surface area contributed by atoms with Gasteiger partial charge in [-0.25, -0.2) is 12.8 Å². The number of fused-ring (bicyclic) bond motifs is 1. The predicted molar refractivity (Wildman–Crippen MR) is 89.6 cm³/mol. The van der Waals surface area contributed by atoms with E-state index in [1.54, 1.807) is 18.2 Å². The average Bonchev–Trinajstić information content (AvgIpc) is 2.90. The van der Waals surface area contributed by atoms with E-state index in [1.165, 1.54) is 12.1 Å². The number of nitrogens with one attached hydrogen (secondary N) is 1. The van der Waals surface area contributed by atoms with Crippen LogP contribution in [0, 0.1) is 5.82 Å². The van der Waals surface area contributed by atoms with Crippen molar-refractivity contribution in [2.45, 2.75) is 4.90 Å². The Morgan fingerprint density at radius 2 is 1.75 bits per heavy atom. The first kappa shape index (κ1) is 15.4. The first-order valence-electron chi connectivity index (χ1n) is 7.80. The summed E-state index contributed by atoms with van der Waals surface area (Å²) in [5.74, 6) is -0.273. The number of hydrogen-bond donors (Lipinski definition) is 1. The summed E-state index contributed by atoms with van der Waals surface area (Å²) < 4.78 is 43.3. The van der Waals surface area contributed by atoms with Crippen molar-refractivity contribution in [3.05, 3.63) is 42.2 Å². The first-order valence-corrected chi connectivity index (χ1v) is 9.45. The molecule has 24 heavy (non-hydrogen) atoms. The molecule has 7 heteroatoms. The molecule has 126 valence electrons. The molecule has 0 radical (unpaired) electrons. The van der Waals surface area contributed by atoms with E-state index in [2.05, 4.69) is 5.32 Å². The van der Waals surface area contributed by atoms with Crippen molar-refractivity contribution in [1.82, 2.24) is 5.32 Å². The Kier molecular flexibility index (Phi) is 3.69. The molecule has 1 saturated heterocycles. The second-order valence-corrected chi connectivity index (χ2v) is 7.85. The van der Waals surface area contributed by atoms with E-state index in [-0.39, 0.29) is 16.7 Å². The topological polar surface area (TPSA) is 58.6 Å². The third kappa shape index (κ3) is 2.63. The van der Waals surface area contributed by atoms with E-state index < -0.39 is 9.84 Å². The maximum Gasteiger partial charge on any atom is 0.216 e. The van der Waals surface area contributed by atoms with Crippen LogP contribution in [0.4, 0.5) is 10.1 Å². The fraction of sp³-hybridized carbons (Fsp3) is 0.294. The molecule has 2 aromatic carbocycles. The Hall–Kier alpha value is -2.12. The van der Waals surface area contributed by atoms with E-state index in [9.17, 15) is 12.8 Å². The average molecular weight is 348 g/mol. The lowest BCUT2D eigenvalue weighted by Crippen LogP contribution is -2.43. The van der Waals surface area contributed by atoms with Crippen molar-refractivity contribution >= 4 is 15.5 Å². The zero-order chi connectivity index (χ0) is 16.7. The van der Waals surface area contributed by atoms with Gasteiger partial charge in [0.25, 0.3) is 0 Å². The highest BCUT2D eigenvalue weighted by atomic mass is 32.2. The number of nitrogens with zero attached hydrogens (tertiary/aromatic N) is 1. The minimum absolute atomic E-state index is 0.198. The standard InChI is InChI=1S/C17H17FN2O3S/c18-14-9-12(1-3-15(14)20-7-5-19-6-8-20)13-2-4-17-16(10-13)23-11-24(17,21)22/h1-4,9-10,19H,5-8,11H2. The van der Waals surface area contributed by atoms with Crippen molar-refractivity contribution in [3.8, 4) is 16.9 Å². The minimum atomic E-state index is -3.34. The molecule has 0 atom stereocenters. The number of hydrogen-bond acceptors (Lipinski definition) is 5. The maximum atomic E-state index is 14.5. The molecular weight excluding hydrogens is 331 g/mol. The summed E-state index contributed by atoms with van der Waals surface area (Å²) in [6.45, 7) is 3.25. The van der Waals surface area contributed by atoms with Crippen molar-refractivity contribution in [3.63, 3.8) is 0 Å². The van der Waals surface area contributed by atoms with Gasteiger partial charge in [0.1, 0.15) is 16.5 Å². The number of rotatable bonds is 2. The third-order valence-electron chi connectivity index (χ3n) is 4.39. The molecule has 0 amide bonds. The van der Waals surface area contributed by atoms with Crippen LogP contribution in [0.2, 0.25) is 0 Å². The van der Waals surface area contributed by atoms with Crippen LogP contribution >= 0.6 is 0 Å². The molecule has 0 saturated carbocycles. The quantitative estimate of drug-likeness (QED) is 0.900. The summed E-state index contributed by atoms with van der Waals surface area (Å²) in [4.78, 5) is 2.22. The molecule has 0 bridgehead atoms. The number of halogens is 1. The largest absolute Gasteiger partial charge is 0.476 e. The molecule has 2 aliphatic heterocycles. The second kappa shape index (κ2) is 5.75. The Labute approximate surface area is 140 Å². The van der Waals surface area contributed by atoms with Gasteiger partial charge in [-0.1, -0.05) is 12.1 Å². The van der Waals surface area contributed by atoms with Gasteiger partial charge in [-0.05, 0) is 35.4 Å². The van der Waals surface area contributed by atoms with Gasteiger partial charge in [-0.2, -0.15) is 0 Å². The maximum absolute atomic E-state index is 14.5. The van der Waals surface area contributed by atoms with Crippen LogP contribution in [-0.4, -0.2) is 40.5 Å². The normalized spacial score (nSPS) is 19.0. The minimum Gasteiger partial charge on any atom is -0.476 e. The Morgan fingerprint density at radius 3 is 2.50 bits per heavy atom. The summed E-state index contributed by atoms with van der Waals surface area (Å²) in [6.07, 6.45) is 0. The van der Waals surface area contributed by atoms with Crippen molar-refractivity contribution in [2.75, 3.05) is 37.0 Å². The molecule has 5 nitrogen and oxygen atoms in total. The smallest absolute Gasteiger partial charge is 0.216 e. The molecule has 2 heterocycles. The van der Waals surface area contributed by atoms with Gasteiger partial charge in [0.05, 0.1) is 5.69 Å². The summed E-state index contributed by atoms with van der Waals surface area (Å²) >= 11 is 0. The molecule has 1 N–H and O–H groups in total. The van der Waals surface area contributed by atoms with E-state index in [0.29, 0.717) is 17.0 Å². The van der Waals surface area contributed by atoms with E-state index in [1.807, 2.05) is 11.0 Å². The highest BCUT2D eigenvalue weighted by molar-refractivity contribution is 7.91. The van der Waals surface area contributed by atoms with Crippen molar-refractivity contribution < 1.29 is 17.5 Å². The molecule has 2 aliphatic rings. The van der Waals surface area contributed by atoms with Crippen LogP contribution in [0.5, 0.6) is 5.75 Å². The summed E-state index contributed by atoms with van der Waals surface area (Å²) in [5, 5.41) is 3.24.